The van der Waals surface area contributed by atoms with Crippen molar-refractivity contribution in [3.05, 3.63) is 23.8 Å². The Morgan fingerprint density at radius 1 is 1.33 bits per heavy atom. The maximum absolute atomic E-state index is 13.3. The van der Waals surface area contributed by atoms with Gasteiger partial charge in [0.05, 0.1) is 11.0 Å². The zero-order chi connectivity index (χ0) is 11.6. The first-order chi connectivity index (χ1) is 6.93. The molecule has 0 fully saturated rings. The van der Waals surface area contributed by atoms with Crippen molar-refractivity contribution < 1.29 is 13.9 Å². The summed E-state index contributed by atoms with van der Waals surface area (Å²) in [4.78, 5) is 0.0587. The van der Waals surface area contributed by atoms with Gasteiger partial charge >= 0.3 is 0 Å². The van der Waals surface area contributed by atoms with E-state index in [4.69, 9.17) is 5.73 Å². The molecule has 1 aromatic rings. The molecule has 0 amide bonds. The second-order valence-corrected chi connectivity index (χ2v) is 4.73. The quantitative estimate of drug-likeness (QED) is 0.622. The van der Waals surface area contributed by atoms with E-state index in [0.717, 1.165) is 17.8 Å². The summed E-state index contributed by atoms with van der Waals surface area (Å²) in [7, 11) is 0. The van der Waals surface area contributed by atoms with Crippen LogP contribution in [-0.2, 0) is 0 Å². The van der Waals surface area contributed by atoms with E-state index in [9.17, 15) is 13.9 Å². The predicted molar refractivity (Wildman–Crippen MR) is 57.8 cm³/mol. The van der Waals surface area contributed by atoms with Gasteiger partial charge < -0.3 is 10.8 Å². The molecule has 3 N–H and O–H groups in total. The zero-order valence-electron chi connectivity index (χ0n) is 8.50. The number of hydrogen-bond donors (Lipinski definition) is 2. The van der Waals surface area contributed by atoms with Crippen LogP contribution in [0.15, 0.2) is 17.0 Å². The number of thioether (sulfide) groups is 1. The van der Waals surface area contributed by atoms with Gasteiger partial charge in [-0.25, -0.2) is 8.78 Å². The normalized spacial score (nSPS) is 15.0. The number of nitrogens with two attached hydrogens (primary N) is 1. The molecule has 0 aliphatic heterocycles. The summed E-state index contributed by atoms with van der Waals surface area (Å²) >= 11 is 1.03. The lowest BCUT2D eigenvalue weighted by Gasteiger charge is -2.15. The monoisotopic (exact) mass is 233 g/mol. The van der Waals surface area contributed by atoms with Crippen LogP contribution in [0.1, 0.15) is 13.8 Å². The molecule has 0 bridgehead atoms. The van der Waals surface area contributed by atoms with Crippen molar-refractivity contribution in [2.75, 3.05) is 5.73 Å². The first kappa shape index (κ1) is 12.3. The zero-order valence-corrected chi connectivity index (χ0v) is 9.31. The summed E-state index contributed by atoms with van der Waals surface area (Å²) in [5, 5.41) is 9.01. The fourth-order valence-corrected chi connectivity index (χ4v) is 1.92. The van der Waals surface area contributed by atoms with E-state index in [1.165, 1.54) is 6.07 Å². The highest BCUT2D eigenvalue weighted by Gasteiger charge is 2.17. The van der Waals surface area contributed by atoms with Crippen molar-refractivity contribution in [1.29, 1.82) is 0 Å². The van der Waals surface area contributed by atoms with Crippen LogP contribution in [0, 0.1) is 11.6 Å². The largest absolute Gasteiger partial charge is 0.398 e. The van der Waals surface area contributed by atoms with Gasteiger partial charge in [0, 0.05) is 10.9 Å². The molecule has 0 heterocycles. The molecule has 15 heavy (non-hydrogen) atoms. The average Bonchev–Trinajstić information content (AvgIpc) is 2.18. The molecule has 0 aromatic heterocycles. The van der Waals surface area contributed by atoms with E-state index in [-0.39, 0.29) is 15.8 Å². The summed E-state index contributed by atoms with van der Waals surface area (Å²) in [6, 6.07) is 2.30. The SMILES string of the molecule is CC(O)C(C)Sc1c(N)ccc(F)c1F. The Morgan fingerprint density at radius 2 is 1.93 bits per heavy atom. The van der Waals surface area contributed by atoms with Crippen LogP contribution in [0.5, 0.6) is 0 Å². The molecule has 1 aromatic carbocycles. The molecule has 84 valence electrons. The van der Waals surface area contributed by atoms with Crippen molar-refractivity contribution in [2.45, 2.75) is 30.1 Å². The molecule has 0 saturated heterocycles. The second kappa shape index (κ2) is 4.81. The van der Waals surface area contributed by atoms with Gasteiger partial charge in [-0.2, -0.15) is 0 Å². The van der Waals surface area contributed by atoms with Crippen molar-refractivity contribution in [3.8, 4) is 0 Å². The number of hydrogen-bond acceptors (Lipinski definition) is 3. The van der Waals surface area contributed by atoms with Crippen molar-refractivity contribution >= 4 is 17.4 Å². The molecular formula is C10H13F2NOS. The molecule has 0 saturated carbocycles. The molecule has 0 aliphatic rings. The van der Waals surface area contributed by atoms with Gasteiger partial charge in [0.15, 0.2) is 11.6 Å². The number of benzene rings is 1. The Balaban J connectivity index is 2.98. The molecule has 0 spiro atoms. The van der Waals surface area contributed by atoms with Gasteiger partial charge in [-0.15, -0.1) is 11.8 Å². The number of aliphatic hydroxyl groups is 1. The van der Waals surface area contributed by atoms with Crippen molar-refractivity contribution in [2.24, 2.45) is 0 Å². The van der Waals surface area contributed by atoms with Crippen LogP contribution in [-0.4, -0.2) is 16.5 Å². The third-order valence-corrected chi connectivity index (χ3v) is 3.48. The lowest BCUT2D eigenvalue weighted by atomic mass is 10.3. The molecular weight excluding hydrogens is 220 g/mol. The van der Waals surface area contributed by atoms with Crippen molar-refractivity contribution in [3.63, 3.8) is 0 Å². The van der Waals surface area contributed by atoms with Crippen LogP contribution in [0.3, 0.4) is 0 Å². The first-order valence-electron chi connectivity index (χ1n) is 4.51. The van der Waals surface area contributed by atoms with Crippen LogP contribution >= 0.6 is 11.8 Å². The minimum Gasteiger partial charge on any atom is -0.398 e. The molecule has 0 aliphatic carbocycles. The Labute approximate surface area is 91.5 Å². The van der Waals surface area contributed by atoms with Gasteiger partial charge in [0.2, 0.25) is 0 Å². The average molecular weight is 233 g/mol. The fraction of sp³-hybridized carbons (Fsp3) is 0.400. The topological polar surface area (TPSA) is 46.2 Å². The summed E-state index contributed by atoms with van der Waals surface area (Å²) in [6.07, 6.45) is -0.614. The number of halogens is 2. The molecule has 0 radical (unpaired) electrons. The maximum Gasteiger partial charge on any atom is 0.174 e. The minimum absolute atomic E-state index is 0.0587. The predicted octanol–water partition coefficient (Wildman–Crippen LogP) is 2.41. The fourth-order valence-electron chi connectivity index (χ4n) is 0.951. The lowest BCUT2D eigenvalue weighted by Crippen LogP contribution is -2.15. The number of nitrogen functional groups attached to an aromatic ring is 1. The van der Waals surface area contributed by atoms with E-state index in [1.807, 2.05) is 0 Å². The molecule has 2 nitrogen and oxygen atoms in total. The second-order valence-electron chi connectivity index (χ2n) is 3.34. The van der Waals surface area contributed by atoms with Gasteiger partial charge in [-0.1, -0.05) is 6.92 Å². The summed E-state index contributed by atoms with van der Waals surface area (Å²) < 4.78 is 26.2. The first-order valence-corrected chi connectivity index (χ1v) is 5.39. The Bertz CT molecular complexity index is 358. The Hall–Kier alpha value is -0.810. The Morgan fingerprint density at radius 3 is 2.47 bits per heavy atom. The summed E-state index contributed by atoms with van der Waals surface area (Å²) in [5.74, 6) is -1.88. The van der Waals surface area contributed by atoms with Gasteiger partial charge in [0.25, 0.3) is 0 Å². The molecule has 1 rings (SSSR count). The van der Waals surface area contributed by atoms with Crippen LogP contribution in [0.2, 0.25) is 0 Å². The van der Waals surface area contributed by atoms with Crippen LogP contribution in [0.4, 0.5) is 14.5 Å². The van der Waals surface area contributed by atoms with Gasteiger partial charge in [-0.3, -0.25) is 0 Å². The Kier molecular flexibility index (Phi) is 3.93. The lowest BCUT2D eigenvalue weighted by molar-refractivity contribution is 0.196. The molecule has 2 atom stereocenters. The van der Waals surface area contributed by atoms with E-state index in [1.54, 1.807) is 13.8 Å². The molecule has 5 heteroatoms. The highest BCUT2D eigenvalue weighted by Crippen LogP contribution is 2.33. The van der Waals surface area contributed by atoms with E-state index in [0.29, 0.717) is 0 Å². The van der Waals surface area contributed by atoms with Gasteiger partial charge in [-0.05, 0) is 19.1 Å². The van der Waals surface area contributed by atoms with Crippen LogP contribution in [0.25, 0.3) is 0 Å². The number of aliphatic hydroxyl groups excluding tert-OH is 1. The highest BCUT2D eigenvalue weighted by molar-refractivity contribution is 8.00. The third-order valence-electron chi connectivity index (χ3n) is 2.06. The number of anilines is 1. The highest BCUT2D eigenvalue weighted by atomic mass is 32.2. The molecule has 2 unspecified atom stereocenters. The third kappa shape index (κ3) is 2.82. The van der Waals surface area contributed by atoms with Crippen molar-refractivity contribution in [1.82, 2.24) is 0 Å². The number of rotatable bonds is 3. The van der Waals surface area contributed by atoms with Crippen LogP contribution < -0.4 is 5.73 Å². The van der Waals surface area contributed by atoms with E-state index >= 15 is 0 Å². The van der Waals surface area contributed by atoms with Gasteiger partial charge in [0.1, 0.15) is 0 Å². The van der Waals surface area contributed by atoms with E-state index < -0.39 is 17.7 Å². The minimum atomic E-state index is -0.951. The summed E-state index contributed by atoms with van der Waals surface area (Å²) in [5.41, 5.74) is 5.72. The standard InChI is InChI=1S/C10H13F2NOS/c1-5(14)6(2)15-10-8(13)4-3-7(11)9(10)12/h3-6,14H,13H2,1-2H3. The smallest absolute Gasteiger partial charge is 0.174 e. The summed E-state index contributed by atoms with van der Waals surface area (Å²) in [6.45, 7) is 3.31. The maximum atomic E-state index is 13.3. The van der Waals surface area contributed by atoms with E-state index in [2.05, 4.69) is 0 Å².